The van der Waals surface area contributed by atoms with Crippen LogP contribution < -0.4 is 5.43 Å². The van der Waals surface area contributed by atoms with Crippen molar-refractivity contribution in [3.8, 4) is 11.4 Å². The van der Waals surface area contributed by atoms with Gasteiger partial charge in [0.15, 0.2) is 5.16 Å². The van der Waals surface area contributed by atoms with Gasteiger partial charge in [-0.1, -0.05) is 17.8 Å². The molecular weight excluding hydrogens is 380 g/mol. The van der Waals surface area contributed by atoms with Crippen LogP contribution in [0.25, 0.3) is 11.4 Å². The molecule has 1 amide bonds. The molecule has 0 fully saturated rings. The van der Waals surface area contributed by atoms with Crippen LogP contribution in [0.5, 0.6) is 0 Å². The van der Waals surface area contributed by atoms with E-state index in [1.165, 1.54) is 30.1 Å². The third-order valence-corrected chi connectivity index (χ3v) is 4.26. The molecule has 2 heterocycles. The molecule has 0 spiro atoms. The van der Waals surface area contributed by atoms with Gasteiger partial charge in [0.1, 0.15) is 0 Å². The minimum absolute atomic E-state index is 0.00878. The number of rotatable bonds is 7. The van der Waals surface area contributed by atoms with Crippen molar-refractivity contribution < 1.29 is 9.72 Å². The SMILES string of the molecule is O=C(CSc1nccc(-c2ccccn2)n1)N/N=C/c1ccc([N+](=O)[O-])cc1. The number of nitro benzene ring substituents is 1. The number of pyridine rings is 1. The zero-order chi connectivity index (χ0) is 19.8. The van der Waals surface area contributed by atoms with Crippen LogP contribution >= 0.6 is 11.8 Å². The number of benzene rings is 1. The molecule has 0 atom stereocenters. The quantitative estimate of drug-likeness (QED) is 0.215. The highest BCUT2D eigenvalue weighted by Crippen LogP contribution is 2.18. The van der Waals surface area contributed by atoms with Gasteiger partial charge in [0.05, 0.1) is 28.3 Å². The molecule has 28 heavy (non-hydrogen) atoms. The number of non-ortho nitro benzene ring substituents is 1. The number of hydrazone groups is 1. The van der Waals surface area contributed by atoms with E-state index in [-0.39, 0.29) is 17.3 Å². The Kier molecular flexibility index (Phi) is 6.37. The summed E-state index contributed by atoms with van der Waals surface area (Å²) in [5.41, 5.74) is 4.42. The van der Waals surface area contributed by atoms with Gasteiger partial charge in [0, 0.05) is 24.5 Å². The lowest BCUT2D eigenvalue weighted by atomic mass is 10.2. The second kappa shape index (κ2) is 9.33. The van der Waals surface area contributed by atoms with Crippen LogP contribution in [0.4, 0.5) is 5.69 Å². The van der Waals surface area contributed by atoms with Crippen molar-refractivity contribution in [2.45, 2.75) is 5.16 Å². The van der Waals surface area contributed by atoms with Crippen LogP contribution in [0, 0.1) is 10.1 Å². The topological polar surface area (TPSA) is 123 Å². The minimum Gasteiger partial charge on any atom is -0.272 e. The Labute approximate surface area is 164 Å². The van der Waals surface area contributed by atoms with E-state index in [1.54, 1.807) is 30.6 Å². The van der Waals surface area contributed by atoms with Crippen molar-refractivity contribution in [2.24, 2.45) is 5.10 Å². The van der Waals surface area contributed by atoms with E-state index in [9.17, 15) is 14.9 Å². The van der Waals surface area contributed by atoms with E-state index in [2.05, 4.69) is 25.5 Å². The summed E-state index contributed by atoms with van der Waals surface area (Å²) in [7, 11) is 0. The number of nitro groups is 1. The summed E-state index contributed by atoms with van der Waals surface area (Å²) in [5, 5.41) is 14.9. The van der Waals surface area contributed by atoms with E-state index in [0.717, 1.165) is 5.69 Å². The predicted molar refractivity (Wildman–Crippen MR) is 105 cm³/mol. The Morgan fingerprint density at radius 2 is 1.93 bits per heavy atom. The number of carbonyl (C=O) groups excluding carboxylic acids is 1. The molecule has 0 unspecified atom stereocenters. The minimum atomic E-state index is -0.481. The van der Waals surface area contributed by atoms with Crippen molar-refractivity contribution in [3.63, 3.8) is 0 Å². The number of nitrogens with zero attached hydrogens (tertiary/aromatic N) is 5. The standard InChI is InChI=1S/C18H14N6O3S/c25-17(23-21-11-13-4-6-14(7-5-13)24(26)27)12-28-18-20-10-8-16(22-18)15-3-1-2-9-19-15/h1-11H,12H2,(H,23,25)/b21-11+. The summed E-state index contributed by atoms with van der Waals surface area (Å²) in [5.74, 6) is -0.237. The summed E-state index contributed by atoms with van der Waals surface area (Å²) in [6.45, 7) is 0. The second-order valence-electron chi connectivity index (χ2n) is 5.37. The maximum Gasteiger partial charge on any atom is 0.269 e. The molecule has 1 aromatic carbocycles. The average Bonchev–Trinajstić information content (AvgIpc) is 2.73. The Morgan fingerprint density at radius 3 is 2.64 bits per heavy atom. The van der Waals surface area contributed by atoms with Crippen molar-refractivity contribution >= 4 is 29.6 Å². The van der Waals surface area contributed by atoms with Crippen molar-refractivity contribution in [3.05, 3.63) is 76.6 Å². The summed E-state index contributed by atoms with van der Waals surface area (Å²) in [4.78, 5) is 34.8. The fourth-order valence-corrected chi connectivity index (χ4v) is 2.71. The summed E-state index contributed by atoms with van der Waals surface area (Å²) in [6, 6.07) is 13.1. The number of thioether (sulfide) groups is 1. The monoisotopic (exact) mass is 394 g/mol. The molecule has 0 saturated carbocycles. The zero-order valence-corrected chi connectivity index (χ0v) is 15.2. The van der Waals surface area contributed by atoms with Crippen molar-refractivity contribution in [1.82, 2.24) is 20.4 Å². The van der Waals surface area contributed by atoms with Crippen LogP contribution in [-0.4, -0.2) is 37.7 Å². The summed E-state index contributed by atoms with van der Waals surface area (Å²) in [6.07, 6.45) is 4.70. The largest absolute Gasteiger partial charge is 0.272 e. The van der Waals surface area contributed by atoms with Crippen LogP contribution in [0.1, 0.15) is 5.56 Å². The molecule has 140 valence electrons. The molecule has 0 aliphatic carbocycles. The number of carbonyl (C=O) groups is 1. The van der Waals surface area contributed by atoms with Crippen molar-refractivity contribution in [1.29, 1.82) is 0 Å². The molecule has 0 aliphatic rings. The number of nitrogens with one attached hydrogen (secondary N) is 1. The third-order valence-electron chi connectivity index (χ3n) is 3.40. The van der Waals surface area contributed by atoms with Gasteiger partial charge in [-0.05, 0) is 35.9 Å². The Bertz CT molecular complexity index is 996. The van der Waals surface area contributed by atoms with Crippen LogP contribution in [-0.2, 0) is 4.79 Å². The van der Waals surface area contributed by atoms with E-state index in [0.29, 0.717) is 16.4 Å². The van der Waals surface area contributed by atoms with E-state index < -0.39 is 4.92 Å². The lowest BCUT2D eigenvalue weighted by Gasteiger charge is -2.03. The van der Waals surface area contributed by atoms with E-state index >= 15 is 0 Å². The lowest BCUT2D eigenvalue weighted by molar-refractivity contribution is -0.384. The molecule has 3 rings (SSSR count). The highest BCUT2D eigenvalue weighted by molar-refractivity contribution is 7.99. The van der Waals surface area contributed by atoms with Crippen LogP contribution in [0.15, 0.2) is 71.2 Å². The fraction of sp³-hybridized carbons (Fsp3) is 0.0556. The number of hydrogen-bond donors (Lipinski definition) is 1. The first kappa shape index (κ1) is 19.1. The number of amides is 1. The van der Waals surface area contributed by atoms with E-state index in [4.69, 9.17) is 0 Å². The summed E-state index contributed by atoms with van der Waals surface area (Å²) < 4.78 is 0. The van der Waals surface area contributed by atoms with Crippen molar-refractivity contribution in [2.75, 3.05) is 5.75 Å². The van der Waals surface area contributed by atoms with Crippen LogP contribution in [0.2, 0.25) is 0 Å². The maximum atomic E-state index is 11.9. The highest BCUT2D eigenvalue weighted by atomic mass is 32.2. The molecule has 0 bridgehead atoms. The first-order valence-electron chi connectivity index (χ1n) is 8.05. The van der Waals surface area contributed by atoms with Gasteiger partial charge < -0.3 is 0 Å². The molecular formula is C18H14N6O3S. The third kappa shape index (κ3) is 5.42. The first-order chi connectivity index (χ1) is 13.6. The maximum absolute atomic E-state index is 11.9. The smallest absolute Gasteiger partial charge is 0.269 e. The molecule has 1 N–H and O–H groups in total. The van der Waals surface area contributed by atoms with Gasteiger partial charge in [-0.15, -0.1) is 0 Å². The second-order valence-corrected chi connectivity index (χ2v) is 6.31. The highest BCUT2D eigenvalue weighted by Gasteiger charge is 2.07. The fourth-order valence-electron chi connectivity index (χ4n) is 2.09. The van der Waals surface area contributed by atoms with Gasteiger partial charge in [-0.3, -0.25) is 19.9 Å². The normalized spacial score (nSPS) is 10.7. The predicted octanol–water partition coefficient (Wildman–Crippen LogP) is 2.69. The molecule has 10 heteroatoms. The molecule has 0 radical (unpaired) electrons. The molecule has 0 saturated heterocycles. The Morgan fingerprint density at radius 1 is 1.11 bits per heavy atom. The van der Waals surface area contributed by atoms with Gasteiger partial charge >= 0.3 is 0 Å². The Balaban J connectivity index is 1.51. The van der Waals surface area contributed by atoms with Gasteiger partial charge in [-0.25, -0.2) is 15.4 Å². The molecule has 3 aromatic rings. The van der Waals surface area contributed by atoms with Gasteiger partial charge in [0.25, 0.3) is 11.6 Å². The molecule has 0 aliphatic heterocycles. The Hall–Kier alpha value is -3.66. The average molecular weight is 394 g/mol. The first-order valence-corrected chi connectivity index (χ1v) is 9.04. The lowest BCUT2D eigenvalue weighted by Crippen LogP contribution is -2.19. The number of hydrogen-bond acceptors (Lipinski definition) is 8. The molecule has 2 aromatic heterocycles. The van der Waals surface area contributed by atoms with Crippen LogP contribution in [0.3, 0.4) is 0 Å². The molecule has 9 nitrogen and oxygen atoms in total. The van der Waals surface area contributed by atoms with Gasteiger partial charge in [-0.2, -0.15) is 5.10 Å². The zero-order valence-electron chi connectivity index (χ0n) is 14.4. The van der Waals surface area contributed by atoms with E-state index in [1.807, 2.05) is 18.2 Å². The number of aromatic nitrogens is 3. The summed E-state index contributed by atoms with van der Waals surface area (Å²) >= 11 is 1.18. The van der Waals surface area contributed by atoms with Gasteiger partial charge in [0.2, 0.25) is 0 Å².